The van der Waals surface area contributed by atoms with E-state index in [4.69, 9.17) is 5.11 Å². The quantitative estimate of drug-likeness (QED) is 0.842. The van der Waals surface area contributed by atoms with Crippen molar-refractivity contribution in [3.8, 4) is 0 Å². The molecular weight excluding hydrogens is 274 g/mol. The number of rotatable bonds is 6. The molecule has 5 heteroatoms. The van der Waals surface area contributed by atoms with Crippen molar-refractivity contribution in [2.24, 2.45) is 5.92 Å². The summed E-state index contributed by atoms with van der Waals surface area (Å²) in [4.78, 5) is 0.451. The Balaban J connectivity index is 2.09. The van der Waals surface area contributed by atoms with Crippen molar-refractivity contribution in [1.29, 1.82) is 0 Å². The Morgan fingerprint density at radius 3 is 2.80 bits per heavy atom. The third-order valence-electron chi connectivity index (χ3n) is 3.60. The average molecular weight is 295 g/mol. The second kappa shape index (κ2) is 6.52. The van der Waals surface area contributed by atoms with Crippen LogP contribution >= 0.6 is 0 Å². The van der Waals surface area contributed by atoms with Crippen LogP contribution in [0, 0.1) is 5.92 Å². The molecule has 2 N–H and O–H groups in total. The van der Waals surface area contributed by atoms with Crippen molar-refractivity contribution in [3.05, 3.63) is 40.3 Å². The van der Waals surface area contributed by atoms with Crippen LogP contribution in [0.3, 0.4) is 0 Å². The second-order valence-electron chi connectivity index (χ2n) is 5.28. The maximum atomic E-state index is 12.3. The molecule has 1 aliphatic carbocycles. The SMILES string of the molecule is CC(CCO)CNS(=O)(=O)C1=Cc2ccccc2CC1. The van der Waals surface area contributed by atoms with E-state index in [-0.39, 0.29) is 12.5 Å². The smallest absolute Gasteiger partial charge is 0.236 e. The number of hydrogen-bond acceptors (Lipinski definition) is 3. The van der Waals surface area contributed by atoms with Crippen molar-refractivity contribution in [2.75, 3.05) is 13.2 Å². The fraction of sp³-hybridized carbons (Fsp3) is 0.467. The zero-order valence-electron chi connectivity index (χ0n) is 11.7. The van der Waals surface area contributed by atoms with Gasteiger partial charge in [-0.05, 0) is 42.4 Å². The minimum Gasteiger partial charge on any atom is -0.396 e. The van der Waals surface area contributed by atoms with Gasteiger partial charge in [-0.15, -0.1) is 0 Å². The first-order chi connectivity index (χ1) is 9.53. The number of allylic oxidation sites excluding steroid dienone is 1. The minimum atomic E-state index is -3.41. The summed E-state index contributed by atoms with van der Waals surface area (Å²) in [7, 11) is -3.41. The molecule has 0 bridgehead atoms. The normalized spacial score (nSPS) is 16.4. The van der Waals surface area contributed by atoms with Gasteiger partial charge >= 0.3 is 0 Å². The Morgan fingerprint density at radius 2 is 2.05 bits per heavy atom. The topological polar surface area (TPSA) is 66.4 Å². The summed E-state index contributed by atoms with van der Waals surface area (Å²) in [6.45, 7) is 2.37. The lowest BCUT2D eigenvalue weighted by Gasteiger charge is -2.18. The Labute approximate surface area is 120 Å². The highest BCUT2D eigenvalue weighted by atomic mass is 32.2. The van der Waals surface area contributed by atoms with Gasteiger partial charge in [0.1, 0.15) is 0 Å². The van der Waals surface area contributed by atoms with Gasteiger partial charge in [-0.25, -0.2) is 13.1 Å². The van der Waals surface area contributed by atoms with Crippen molar-refractivity contribution >= 4 is 16.1 Å². The lowest BCUT2D eigenvalue weighted by atomic mass is 9.98. The summed E-state index contributed by atoms with van der Waals surface area (Å²) >= 11 is 0. The molecule has 1 aromatic carbocycles. The molecule has 2 rings (SSSR count). The maximum Gasteiger partial charge on any atom is 0.236 e. The predicted octanol–water partition coefficient (Wildman–Crippen LogP) is 1.91. The van der Waals surface area contributed by atoms with E-state index in [0.29, 0.717) is 24.3 Å². The molecule has 0 saturated heterocycles. The van der Waals surface area contributed by atoms with Gasteiger partial charge in [-0.2, -0.15) is 0 Å². The van der Waals surface area contributed by atoms with E-state index in [1.54, 1.807) is 6.08 Å². The van der Waals surface area contributed by atoms with E-state index in [9.17, 15) is 8.42 Å². The van der Waals surface area contributed by atoms with Gasteiger partial charge in [0.2, 0.25) is 10.0 Å². The Morgan fingerprint density at radius 1 is 1.30 bits per heavy atom. The summed E-state index contributed by atoms with van der Waals surface area (Å²) in [6, 6.07) is 7.87. The summed E-state index contributed by atoms with van der Waals surface area (Å²) in [6.07, 6.45) is 3.66. The Hall–Kier alpha value is -1.17. The van der Waals surface area contributed by atoms with Gasteiger partial charge in [0.05, 0.1) is 4.91 Å². The molecule has 0 heterocycles. The number of aryl methyl sites for hydroxylation is 1. The highest BCUT2D eigenvalue weighted by molar-refractivity contribution is 7.93. The monoisotopic (exact) mass is 295 g/mol. The Kier molecular flexibility index (Phi) is 4.96. The highest BCUT2D eigenvalue weighted by Gasteiger charge is 2.21. The molecule has 1 aliphatic rings. The van der Waals surface area contributed by atoms with Crippen molar-refractivity contribution in [3.63, 3.8) is 0 Å². The first-order valence-corrected chi connectivity index (χ1v) is 8.40. The van der Waals surface area contributed by atoms with Gasteiger partial charge in [0.25, 0.3) is 0 Å². The molecule has 1 aromatic rings. The number of hydrogen-bond donors (Lipinski definition) is 2. The highest BCUT2D eigenvalue weighted by Crippen LogP contribution is 2.26. The molecule has 0 spiro atoms. The number of fused-ring (bicyclic) bond motifs is 1. The molecule has 0 aliphatic heterocycles. The van der Waals surface area contributed by atoms with Crippen LogP contribution in [0.4, 0.5) is 0 Å². The first kappa shape index (κ1) is 15.2. The van der Waals surface area contributed by atoms with Crippen molar-refractivity contribution in [1.82, 2.24) is 4.72 Å². The van der Waals surface area contributed by atoms with Crippen LogP contribution < -0.4 is 4.72 Å². The third kappa shape index (κ3) is 3.69. The standard InChI is InChI=1S/C15H21NO3S/c1-12(8-9-17)11-16-20(18,19)15-7-6-13-4-2-3-5-14(13)10-15/h2-5,10,12,16-17H,6-9,11H2,1H3. The zero-order valence-corrected chi connectivity index (χ0v) is 12.5. The van der Waals surface area contributed by atoms with Gasteiger partial charge in [-0.1, -0.05) is 31.2 Å². The molecule has 20 heavy (non-hydrogen) atoms. The number of benzene rings is 1. The second-order valence-corrected chi connectivity index (χ2v) is 7.10. The van der Waals surface area contributed by atoms with Crippen LogP contribution in [0.1, 0.15) is 30.9 Å². The molecule has 0 aromatic heterocycles. The summed E-state index contributed by atoms with van der Waals surface area (Å²) in [5, 5.41) is 8.84. The van der Waals surface area contributed by atoms with Crippen molar-refractivity contribution in [2.45, 2.75) is 26.2 Å². The van der Waals surface area contributed by atoms with Gasteiger partial charge in [0.15, 0.2) is 0 Å². The fourth-order valence-corrected chi connectivity index (χ4v) is 3.63. The molecule has 1 atom stereocenters. The lowest BCUT2D eigenvalue weighted by molar-refractivity contribution is 0.263. The molecule has 0 fully saturated rings. The minimum absolute atomic E-state index is 0.0823. The molecule has 0 saturated carbocycles. The van der Waals surface area contributed by atoms with E-state index in [2.05, 4.69) is 4.72 Å². The zero-order chi connectivity index (χ0) is 14.6. The van der Waals surface area contributed by atoms with Gasteiger partial charge in [0, 0.05) is 13.2 Å². The van der Waals surface area contributed by atoms with Crippen LogP contribution in [-0.2, 0) is 16.4 Å². The first-order valence-electron chi connectivity index (χ1n) is 6.92. The van der Waals surface area contributed by atoms with E-state index < -0.39 is 10.0 Å². The molecule has 1 unspecified atom stereocenters. The van der Waals surface area contributed by atoms with E-state index >= 15 is 0 Å². The molecule has 0 amide bonds. The van der Waals surface area contributed by atoms with Gasteiger partial charge in [-0.3, -0.25) is 0 Å². The van der Waals surface area contributed by atoms with E-state index in [0.717, 1.165) is 12.0 Å². The molecular formula is C15H21NO3S. The largest absolute Gasteiger partial charge is 0.396 e. The predicted molar refractivity (Wildman–Crippen MR) is 80.5 cm³/mol. The molecule has 110 valence electrons. The number of aliphatic hydroxyl groups is 1. The number of sulfonamides is 1. The van der Waals surface area contributed by atoms with E-state index in [1.165, 1.54) is 5.56 Å². The third-order valence-corrected chi connectivity index (χ3v) is 5.16. The summed E-state index contributed by atoms with van der Waals surface area (Å²) in [5.41, 5.74) is 2.18. The van der Waals surface area contributed by atoms with Crippen LogP contribution in [0.2, 0.25) is 0 Å². The number of nitrogens with one attached hydrogen (secondary N) is 1. The Bertz CT molecular complexity index is 593. The number of aliphatic hydroxyl groups excluding tert-OH is 1. The lowest BCUT2D eigenvalue weighted by Crippen LogP contribution is -2.30. The summed E-state index contributed by atoms with van der Waals surface area (Å²) < 4.78 is 27.2. The van der Waals surface area contributed by atoms with Gasteiger partial charge < -0.3 is 5.11 Å². The van der Waals surface area contributed by atoms with Crippen molar-refractivity contribution < 1.29 is 13.5 Å². The molecule has 0 radical (unpaired) electrons. The van der Waals surface area contributed by atoms with Crippen LogP contribution in [-0.4, -0.2) is 26.7 Å². The van der Waals surface area contributed by atoms with Crippen LogP contribution in [0.5, 0.6) is 0 Å². The van der Waals surface area contributed by atoms with E-state index in [1.807, 2.05) is 31.2 Å². The average Bonchev–Trinajstić information content (AvgIpc) is 2.45. The van der Waals surface area contributed by atoms with Crippen LogP contribution in [0.25, 0.3) is 6.08 Å². The molecule has 4 nitrogen and oxygen atoms in total. The summed E-state index contributed by atoms with van der Waals surface area (Å²) in [5.74, 6) is 0.131. The fourth-order valence-electron chi connectivity index (χ4n) is 2.29. The van der Waals surface area contributed by atoms with Crippen LogP contribution in [0.15, 0.2) is 29.2 Å². The maximum absolute atomic E-state index is 12.3.